The summed E-state index contributed by atoms with van der Waals surface area (Å²) in [4.78, 5) is 0. The Labute approximate surface area is 115 Å². The minimum atomic E-state index is 0.0940. The molecule has 0 amide bonds. The third-order valence-electron chi connectivity index (χ3n) is 4.66. The molecule has 1 fully saturated rings. The molecule has 104 valence electrons. The Morgan fingerprint density at radius 3 is 2.42 bits per heavy atom. The molecule has 2 aliphatic rings. The van der Waals surface area contributed by atoms with E-state index in [9.17, 15) is 0 Å². The molecule has 0 atom stereocenters. The van der Waals surface area contributed by atoms with Crippen LogP contribution in [-0.4, -0.2) is 19.8 Å². The molecule has 0 spiro atoms. The van der Waals surface area contributed by atoms with E-state index in [1.165, 1.54) is 37.7 Å². The lowest BCUT2D eigenvalue weighted by Gasteiger charge is -2.39. The second-order valence-corrected chi connectivity index (χ2v) is 5.83. The molecule has 3 heteroatoms. The maximum atomic E-state index is 6.15. The first-order valence-corrected chi connectivity index (χ1v) is 7.37. The Morgan fingerprint density at radius 2 is 1.74 bits per heavy atom. The first-order valence-electron chi connectivity index (χ1n) is 7.37. The number of aryl methyl sites for hydroxylation is 1. The fourth-order valence-corrected chi connectivity index (χ4v) is 3.50. The second kappa shape index (κ2) is 5.04. The molecular formula is C16H23NO2. The fourth-order valence-electron chi connectivity index (χ4n) is 3.50. The van der Waals surface area contributed by atoms with E-state index in [1.54, 1.807) is 0 Å². The van der Waals surface area contributed by atoms with Gasteiger partial charge in [-0.1, -0.05) is 31.4 Å². The van der Waals surface area contributed by atoms with E-state index in [-0.39, 0.29) is 5.41 Å². The molecule has 3 rings (SSSR count). The smallest absolute Gasteiger partial charge is 0.165 e. The summed E-state index contributed by atoms with van der Waals surface area (Å²) in [6.45, 7) is 4.07. The zero-order valence-corrected chi connectivity index (χ0v) is 11.7. The van der Waals surface area contributed by atoms with Crippen LogP contribution in [0.3, 0.4) is 0 Å². The molecule has 1 aromatic carbocycles. The molecule has 0 radical (unpaired) electrons. The lowest BCUT2D eigenvalue weighted by Crippen LogP contribution is -2.38. The number of hydrogen-bond acceptors (Lipinski definition) is 3. The number of hydrogen-bond donors (Lipinski definition) is 1. The largest absolute Gasteiger partial charge is 0.486 e. The normalized spacial score (nSPS) is 21.2. The highest BCUT2D eigenvalue weighted by Crippen LogP contribution is 2.47. The highest BCUT2D eigenvalue weighted by atomic mass is 16.6. The molecule has 0 bridgehead atoms. The van der Waals surface area contributed by atoms with Crippen molar-refractivity contribution in [1.29, 1.82) is 0 Å². The second-order valence-electron chi connectivity index (χ2n) is 5.83. The van der Waals surface area contributed by atoms with E-state index in [1.807, 2.05) is 0 Å². The fraction of sp³-hybridized carbons (Fsp3) is 0.625. The third-order valence-corrected chi connectivity index (χ3v) is 4.66. The van der Waals surface area contributed by atoms with E-state index in [2.05, 4.69) is 19.1 Å². The lowest BCUT2D eigenvalue weighted by atomic mass is 9.69. The van der Waals surface area contributed by atoms with E-state index in [4.69, 9.17) is 15.2 Å². The summed E-state index contributed by atoms with van der Waals surface area (Å²) in [5, 5.41) is 0. The summed E-state index contributed by atoms with van der Waals surface area (Å²) >= 11 is 0. The molecule has 0 saturated heterocycles. The molecule has 0 aromatic heterocycles. The molecule has 1 aromatic rings. The Morgan fingerprint density at radius 1 is 1.05 bits per heavy atom. The van der Waals surface area contributed by atoms with Crippen molar-refractivity contribution in [3.8, 4) is 11.5 Å². The highest BCUT2D eigenvalue weighted by molar-refractivity contribution is 5.55. The maximum Gasteiger partial charge on any atom is 0.165 e. The highest BCUT2D eigenvalue weighted by Gasteiger charge is 2.37. The van der Waals surface area contributed by atoms with Crippen LogP contribution in [0.4, 0.5) is 0 Å². The predicted molar refractivity (Wildman–Crippen MR) is 76.0 cm³/mol. The van der Waals surface area contributed by atoms with Crippen LogP contribution in [0, 0.1) is 6.92 Å². The van der Waals surface area contributed by atoms with E-state index >= 15 is 0 Å². The predicted octanol–water partition coefficient (Wildman–Crippen LogP) is 2.93. The van der Waals surface area contributed by atoms with Gasteiger partial charge in [0.2, 0.25) is 0 Å². The zero-order chi connectivity index (χ0) is 13.3. The van der Waals surface area contributed by atoms with Gasteiger partial charge in [0.25, 0.3) is 0 Å². The maximum absolute atomic E-state index is 6.15. The Balaban J connectivity index is 2.08. The SMILES string of the molecule is Cc1ccc(C2(CN)CCCCC2)c2c1OCCO2. The first-order chi connectivity index (χ1) is 9.27. The molecular weight excluding hydrogens is 238 g/mol. The molecule has 0 unspecified atom stereocenters. The minimum absolute atomic E-state index is 0.0940. The average molecular weight is 261 g/mol. The van der Waals surface area contributed by atoms with Crippen LogP contribution in [0.25, 0.3) is 0 Å². The van der Waals surface area contributed by atoms with Gasteiger partial charge in [0.1, 0.15) is 13.2 Å². The molecule has 3 nitrogen and oxygen atoms in total. The van der Waals surface area contributed by atoms with Crippen LogP contribution in [0.15, 0.2) is 12.1 Å². The standard InChI is InChI=1S/C16H23NO2/c1-12-5-6-13(15-14(12)18-9-10-19-15)16(11-17)7-3-2-4-8-16/h5-6H,2-4,7-11,17H2,1H3. The van der Waals surface area contributed by atoms with Crippen LogP contribution in [0.5, 0.6) is 11.5 Å². The number of ether oxygens (including phenoxy) is 2. The van der Waals surface area contributed by atoms with Crippen molar-refractivity contribution in [2.24, 2.45) is 5.73 Å². The van der Waals surface area contributed by atoms with Gasteiger partial charge in [0.15, 0.2) is 11.5 Å². The third kappa shape index (κ3) is 2.10. The van der Waals surface area contributed by atoms with Crippen LogP contribution in [-0.2, 0) is 5.41 Å². The van der Waals surface area contributed by atoms with Crippen LogP contribution in [0.1, 0.15) is 43.2 Å². The van der Waals surface area contributed by atoms with E-state index in [0.29, 0.717) is 19.8 Å². The number of nitrogens with two attached hydrogens (primary N) is 1. The summed E-state index contributed by atoms with van der Waals surface area (Å²) in [7, 11) is 0. The molecule has 1 saturated carbocycles. The van der Waals surface area contributed by atoms with Gasteiger partial charge in [-0.25, -0.2) is 0 Å². The van der Waals surface area contributed by atoms with Gasteiger partial charge in [-0.15, -0.1) is 0 Å². The molecule has 1 aliphatic carbocycles. The zero-order valence-electron chi connectivity index (χ0n) is 11.7. The van der Waals surface area contributed by atoms with E-state index in [0.717, 1.165) is 17.1 Å². The van der Waals surface area contributed by atoms with Gasteiger partial charge >= 0.3 is 0 Å². The van der Waals surface area contributed by atoms with E-state index < -0.39 is 0 Å². The first kappa shape index (κ1) is 12.8. The van der Waals surface area contributed by atoms with Crippen molar-refractivity contribution >= 4 is 0 Å². The van der Waals surface area contributed by atoms with Crippen LogP contribution < -0.4 is 15.2 Å². The summed E-state index contributed by atoms with van der Waals surface area (Å²) in [6, 6.07) is 4.36. The molecule has 2 N–H and O–H groups in total. The lowest BCUT2D eigenvalue weighted by molar-refractivity contribution is 0.163. The van der Waals surface area contributed by atoms with Gasteiger partial charge < -0.3 is 15.2 Å². The molecule has 19 heavy (non-hydrogen) atoms. The van der Waals surface area contributed by atoms with Gasteiger partial charge in [-0.3, -0.25) is 0 Å². The van der Waals surface area contributed by atoms with Gasteiger partial charge in [0, 0.05) is 17.5 Å². The van der Waals surface area contributed by atoms with Crippen molar-refractivity contribution in [2.75, 3.05) is 19.8 Å². The minimum Gasteiger partial charge on any atom is -0.486 e. The summed E-state index contributed by atoms with van der Waals surface area (Å²) in [5.41, 5.74) is 8.67. The molecule has 1 aliphatic heterocycles. The van der Waals surface area contributed by atoms with Crippen molar-refractivity contribution in [3.05, 3.63) is 23.3 Å². The Bertz CT molecular complexity index is 464. The number of fused-ring (bicyclic) bond motifs is 1. The van der Waals surface area contributed by atoms with Crippen molar-refractivity contribution < 1.29 is 9.47 Å². The summed E-state index contributed by atoms with van der Waals surface area (Å²) < 4.78 is 11.7. The number of benzene rings is 1. The topological polar surface area (TPSA) is 44.5 Å². The summed E-state index contributed by atoms with van der Waals surface area (Å²) in [6.07, 6.45) is 6.19. The van der Waals surface area contributed by atoms with Crippen molar-refractivity contribution in [2.45, 2.75) is 44.4 Å². The monoisotopic (exact) mass is 261 g/mol. The quantitative estimate of drug-likeness (QED) is 0.890. The Kier molecular flexibility index (Phi) is 3.40. The van der Waals surface area contributed by atoms with Crippen LogP contribution >= 0.6 is 0 Å². The Hall–Kier alpha value is -1.22. The van der Waals surface area contributed by atoms with Gasteiger partial charge in [0.05, 0.1) is 0 Å². The van der Waals surface area contributed by atoms with Gasteiger partial charge in [-0.2, -0.15) is 0 Å². The molecule has 1 heterocycles. The van der Waals surface area contributed by atoms with Gasteiger partial charge in [-0.05, 0) is 25.3 Å². The summed E-state index contributed by atoms with van der Waals surface area (Å²) in [5.74, 6) is 1.89. The average Bonchev–Trinajstić information content (AvgIpc) is 2.48. The van der Waals surface area contributed by atoms with Crippen molar-refractivity contribution in [3.63, 3.8) is 0 Å². The van der Waals surface area contributed by atoms with Crippen molar-refractivity contribution in [1.82, 2.24) is 0 Å². The number of rotatable bonds is 2. The van der Waals surface area contributed by atoms with Crippen LogP contribution in [0.2, 0.25) is 0 Å².